The molecule has 3 heterocycles. The van der Waals surface area contributed by atoms with Crippen LogP contribution >= 0.6 is 0 Å². The Morgan fingerprint density at radius 1 is 0.893 bits per heavy atom. The van der Waals surface area contributed by atoms with Crippen molar-refractivity contribution in [1.82, 2.24) is 24.2 Å². The summed E-state index contributed by atoms with van der Waals surface area (Å²) in [5.41, 5.74) is 3.46. The van der Waals surface area contributed by atoms with E-state index in [4.69, 9.17) is 0 Å². The third-order valence-corrected chi connectivity index (χ3v) is 5.49. The van der Waals surface area contributed by atoms with Gasteiger partial charge in [-0.05, 0) is 43.4 Å². The van der Waals surface area contributed by atoms with Gasteiger partial charge in [-0.1, -0.05) is 0 Å². The molecule has 7 nitrogen and oxygen atoms in total. The summed E-state index contributed by atoms with van der Waals surface area (Å²) in [6.45, 7) is 3.99. The molecule has 2 aromatic carbocycles. The van der Waals surface area contributed by atoms with E-state index in [1.807, 2.05) is 43.6 Å². The minimum absolute atomic E-state index is 0.0517. The lowest BCUT2D eigenvalue weighted by Crippen LogP contribution is -2.44. The Morgan fingerprint density at radius 2 is 1.64 bits per heavy atom. The summed E-state index contributed by atoms with van der Waals surface area (Å²) in [7, 11) is 4.03. The first-order valence-corrected chi connectivity index (χ1v) is 9.47. The minimum Gasteiger partial charge on any atom is -0.369 e. The number of fused-ring (bicyclic) bond motifs is 2. The molecule has 5 rings (SSSR count). The molecule has 0 radical (unpaired) electrons. The summed E-state index contributed by atoms with van der Waals surface area (Å²) in [6, 6.07) is 11.8. The molecule has 2 aromatic heterocycles. The SMILES string of the molecule is CN1CCN(c2ccc3ncn(-c4ccc5nn(C)cc5c4)c(=O)c3c2)CC1. The third kappa shape index (κ3) is 2.84. The summed E-state index contributed by atoms with van der Waals surface area (Å²) >= 11 is 0. The molecule has 0 amide bonds. The number of piperazine rings is 1. The second kappa shape index (κ2) is 6.45. The van der Waals surface area contributed by atoms with Crippen LogP contribution in [-0.2, 0) is 7.05 Å². The fourth-order valence-corrected chi connectivity index (χ4v) is 3.84. The molecule has 1 aliphatic heterocycles. The second-order valence-corrected chi connectivity index (χ2v) is 7.46. The Morgan fingerprint density at radius 3 is 2.46 bits per heavy atom. The van der Waals surface area contributed by atoms with Gasteiger partial charge < -0.3 is 9.80 Å². The molecule has 0 N–H and O–H groups in total. The van der Waals surface area contributed by atoms with Crippen LogP contribution in [-0.4, -0.2) is 57.5 Å². The van der Waals surface area contributed by atoms with Crippen LogP contribution < -0.4 is 10.5 Å². The van der Waals surface area contributed by atoms with Gasteiger partial charge in [0.2, 0.25) is 0 Å². The standard InChI is InChI=1S/C21H22N6O/c1-24-7-9-26(10-8-24)16-3-6-20-18(12-16)21(28)27(14-22-20)17-4-5-19-15(11-17)13-25(2)23-19/h3-6,11-14H,7-10H2,1-2H3. The highest BCUT2D eigenvalue weighted by molar-refractivity contribution is 5.83. The molecular weight excluding hydrogens is 352 g/mol. The van der Waals surface area contributed by atoms with Gasteiger partial charge in [0, 0.05) is 50.5 Å². The van der Waals surface area contributed by atoms with E-state index in [1.165, 1.54) is 0 Å². The van der Waals surface area contributed by atoms with E-state index in [2.05, 4.69) is 33.0 Å². The van der Waals surface area contributed by atoms with Gasteiger partial charge in [-0.25, -0.2) is 4.98 Å². The van der Waals surface area contributed by atoms with Crippen molar-refractivity contribution in [3.8, 4) is 5.69 Å². The zero-order chi connectivity index (χ0) is 19.3. The number of hydrogen-bond acceptors (Lipinski definition) is 5. The number of benzene rings is 2. The van der Waals surface area contributed by atoms with Crippen molar-refractivity contribution < 1.29 is 0 Å². The number of aromatic nitrogens is 4. The zero-order valence-corrected chi connectivity index (χ0v) is 16.0. The quantitative estimate of drug-likeness (QED) is 0.537. The van der Waals surface area contributed by atoms with Crippen molar-refractivity contribution in [2.45, 2.75) is 0 Å². The lowest BCUT2D eigenvalue weighted by Gasteiger charge is -2.34. The summed E-state index contributed by atoms with van der Waals surface area (Å²) in [4.78, 5) is 22.4. The molecule has 0 aliphatic carbocycles. The average molecular weight is 374 g/mol. The van der Waals surface area contributed by atoms with Gasteiger partial charge in [-0.3, -0.25) is 14.0 Å². The van der Waals surface area contributed by atoms with Crippen molar-refractivity contribution in [2.24, 2.45) is 7.05 Å². The van der Waals surface area contributed by atoms with Crippen LogP contribution in [0.2, 0.25) is 0 Å². The molecule has 28 heavy (non-hydrogen) atoms. The number of anilines is 1. The van der Waals surface area contributed by atoms with Crippen molar-refractivity contribution in [3.05, 3.63) is 59.3 Å². The van der Waals surface area contributed by atoms with Gasteiger partial charge in [-0.2, -0.15) is 5.10 Å². The highest BCUT2D eigenvalue weighted by Gasteiger charge is 2.16. The summed E-state index contributed by atoms with van der Waals surface area (Å²) < 4.78 is 3.39. The Bertz CT molecular complexity index is 1230. The van der Waals surface area contributed by atoms with Gasteiger partial charge in [-0.15, -0.1) is 0 Å². The van der Waals surface area contributed by atoms with Gasteiger partial charge in [0.15, 0.2) is 0 Å². The van der Waals surface area contributed by atoms with Gasteiger partial charge in [0.05, 0.1) is 22.1 Å². The molecule has 0 spiro atoms. The van der Waals surface area contributed by atoms with Crippen LogP contribution in [0.25, 0.3) is 27.5 Å². The normalized spacial score (nSPS) is 15.6. The predicted molar refractivity (Wildman–Crippen MR) is 111 cm³/mol. The molecule has 0 unspecified atom stereocenters. The van der Waals surface area contributed by atoms with Gasteiger partial charge in [0.25, 0.3) is 5.56 Å². The maximum absolute atomic E-state index is 13.2. The van der Waals surface area contributed by atoms with E-state index < -0.39 is 0 Å². The van der Waals surface area contributed by atoms with E-state index in [0.717, 1.165) is 54.0 Å². The fourth-order valence-electron chi connectivity index (χ4n) is 3.84. The second-order valence-electron chi connectivity index (χ2n) is 7.46. The molecule has 142 valence electrons. The smallest absolute Gasteiger partial charge is 0.265 e. The number of likely N-dealkylation sites (N-methyl/N-ethyl adjacent to an activating group) is 1. The Labute approximate surface area is 162 Å². The van der Waals surface area contributed by atoms with Crippen LogP contribution in [0.1, 0.15) is 0 Å². The fraction of sp³-hybridized carbons (Fsp3) is 0.286. The first-order chi connectivity index (χ1) is 13.6. The number of rotatable bonds is 2. The monoisotopic (exact) mass is 374 g/mol. The predicted octanol–water partition coefficient (Wildman–Crippen LogP) is 2.02. The van der Waals surface area contributed by atoms with Gasteiger partial charge in [0.1, 0.15) is 6.33 Å². The highest BCUT2D eigenvalue weighted by atomic mass is 16.1. The maximum atomic E-state index is 13.2. The molecule has 0 atom stereocenters. The number of nitrogens with zero attached hydrogens (tertiary/aromatic N) is 6. The lowest BCUT2D eigenvalue weighted by atomic mass is 10.2. The van der Waals surface area contributed by atoms with E-state index in [9.17, 15) is 4.79 Å². The van der Waals surface area contributed by atoms with E-state index >= 15 is 0 Å². The van der Waals surface area contributed by atoms with Crippen molar-refractivity contribution in [1.29, 1.82) is 0 Å². The first kappa shape index (κ1) is 16.9. The van der Waals surface area contributed by atoms with Crippen molar-refractivity contribution in [3.63, 3.8) is 0 Å². The largest absolute Gasteiger partial charge is 0.369 e. The summed E-state index contributed by atoms with van der Waals surface area (Å²) in [6.07, 6.45) is 3.56. The molecular formula is C21H22N6O. The van der Waals surface area contributed by atoms with Crippen LogP contribution in [0.15, 0.2) is 53.7 Å². The molecule has 7 heteroatoms. The molecule has 0 saturated carbocycles. The molecule has 0 bridgehead atoms. The van der Waals surface area contributed by atoms with Crippen LogP contribution in [0.3, 0.4) is 0 Å². The lowest BCUT2D eigenvalue weighted by molar-refractivity contribution is 0.313. The maximum Gasteiger partial charge on any atom is 0.265 e. The minimum atomic E-state index is -0.0517. The van der Waals surface area contributed by atoms with Crippen molar-refractivity contribution >= 4 is 27.5 Å². The highest BCUT2D eigenvalue weighted by Crippen LogP contribution is 2.21. The number of aryl methyl sites for hydroxylation is 1. The summed E-state index contributed by atoms with van der Waals surface area (Å²) in [5.74, 6) is 0. The first-order valence-electron chi connectivity index (χ1n) is 9.47. The van der Waals surface area contributed by atoms with E-state index in [-0.39, 0.29) is 5.56 Å². The molecule has 1 fully saturated rings. The Kier molecular flexibility index (Phi) is 3.91. The van der Waals surface area contributed by atoms with E-state index in [1.54, 1.807) is 15.6 Å². The average Bonchev–Trinajstić information content (AvgIpc) is 3.08. The van der Waals surface area contributed by atoms with E-state index in [0.29, 0.717) is 5.39 Å². The zero-order valence-electron chi connectivity index (χ0n) is 16.0. The Hall–Kier alpha value is -3.19. The van der Waals surface area contributed by atoms with Crippen LogP contribution in [0.4, 0.5) is 5.69 Å². The Balaban J connectivity index is 1.59. The molecule has 1 aliphatic rings. The van der Waals surface area contributed by atoms with Crippen LogP contribution in [0, 0.1) is 0 Å². The van der Waals surface area contributed by atoms with Crippen molar-refractivity contribution in [2.75, 3.05) is 38.1 Å². The topological polar surface area (TPSA) is 59.2 Å². The number of hydrogen-bond donors (Lipinski definition) is 0. The van der Waals surface area contributed by atoms with Crippen LogP contribution in [0.5, 0.6) is 0 Å². The third-order valence-electron chi connectivity index (χ3n) is 5.49. The molecule has 1 saturated heterocycles. The molecule has 4 aromatic rings. The van der Waals surface area contributed by atoms with Gasteiger partial charge >= 0.3 is 0 Å². The summed E-state index contributed by atoms with van der Waals surface area (Å²) in [5, 5.41) is 6.04.